The summed E-state index contributed by atoms with van der Waals surface area (Å²) in [7, 11) is -2.94. The number of fused-ring (bicyclic) bond motifs is 1. The second-order valence-electron chi connectivity index (χ2n) is 6.50. The maximum atomic E-state index is 11.6. The van der Waals surface area contributed by atoms with E-state index in [-0.39, 0.29) is 24.3 Å². The molecule has 1 atom stereocenters. The molecule has 1 aromatic heterocycles. The minimum absolute atomic E-state index is 0.129. The van der Waals surface area contributed by atoms with Gasteiger partial charge in [0.25, 0.3) is 0 Å². The van der Waals surface area contributed by atoms with Gasteiger partial charge < -0.3 is 20.1 Å². The van der Waals surface area contributed by atoms with Crippen molar-refractivity contribution >= 4 is 21.6 Å². The lowest BCUT2D eigenvalue weighted by Gasteiger charge is -2.13. The molecule has 138 valence electrons. The molecule has 8 nitrogen and oxygen atoms in total. The van der Waals surface area contributed by atoms with Crippen molar-refractivity contribution in [1.29, 1.82) is 0 Å². The fourth-order valence-electron chi connectivity index (χ4n) is 3.06. The maximum Gasteiger partial charge on any atom is 0.231 e. The Kier molecular flexibility index (Phi) is 4.31. The van der Waals surface area contributed by atoms with Gasteiger partial charge in [-0.2, -0.15) is 4.98 Å². The molecule has 0 spiro atoms. The lowest BCUT2D eigenvalue weighted by molar-refractivity contribution is 0.174. The molecule has 0 radical (unpaired) electrons. The predicted octanol–water partition coefficient (Wildman–Crippen LogP) is 1.72. The second kappa shape index (κ2) is 6.64. The van der Waals surface area contributed by atoms with Gasteiger partial charge in [-0.15, -0.1) is 0 Å². The third-order valence-electron chi connectivity index (χ3n) is 4.33. The van der Waals surface area contributed by atoms with Gasteiger partial charge >= 0.3 is 0 Å². The first-order valence-electron chi connectivity index (χ1n) is 8.42. The van der Waals surface area contributed by atoms with Crippen molar-refractivity contribution in [2.75, 3.05) is 28.9 Å². The fraction of sp³-hybridized carbons (Fsp3) is 0.412. The minimum atomic E-state index is -2.94. The van der Waals surface area contributed by atoms with Gasteiger partial charge in [-0.3, -0.25) is 0 Å². The summed E-state index contributed by atoms with van der Waals surface area (Å²) in [6.45, 7) is 2.71. The van der Waals surface area contributed by atoms with Crippen molar-refractivity contribution < 1.29 is 17.9 Å². The van der Waals surface area contributed by atoms with E-state index in [1.165, 1.54) is 0 Å². The number of aromatic nitrogens is 2. The molecule has 2 aliphatic rings. The Morgan fingerprint density at radius 3 is 2.85 bits per heavy atom. The van der Waals surface area contributed by atoms with E-state index >= 15 is 0 Å². The van der Waals surface area contributed by atoms with Crippen LogP contribution in [0.15, 0.2) is 24.3 Å². The Labute approximate surface area is 151 Å². The number of ether oxygens (including phenoxy) is 2. The molecule has 26 heavy (non-hydrogen) atoms. The molecule has 0 saturated carbocycles. The Bertz CT molecular complexity index is 932. The quantitative estimate of drug-likeness (QED) is 0.813. The number of nitrogens with zero attached hydrogens (tertiary/aromatic N) is 2. The molecular weight excluding hydrogens is 356 g/mol. The minimum Gasteiger partial charge on any atom is -0.454 e. The average Bonchev–Trinajstić information content (AvgIpc) is 3.18. The zero-order valence-electron chi connectivity index (χ0n) is 14.4. The summed E-state index contributed by atoms with van der Waals surface area (Å²) >= 11 is 0. The summed E-state index contributed by atoms with van der Waals surface area (Å²) in [5, 5.41) is 6.40. The molecular formula is C17H20N4O4S. The van der Waals surface area contributed by atoms with E-state index in [1.807, 2.05) is 31.2 Å². The lowest BCUT2D eigenvalue weighted by Crippen LogP contribution is -2.22. The molecule has 2 N–H and O–H groups in total. The number of anilines is 2. The van der Waals surface area contributed by atoms with E-state index in [4.69, 9.17) is 9.47 Å². The monoisotopic (exact) mass is 376 g/mol. The number of sulfone groups is 1. The van der Waals surface area contributed by atoms with Crippen molar-refractivity contribution in [2.45, 2.75) is 25.9 Å². The van der Waals surface area contributed by atoms with E-state index in [9.17, 15) is 8.42 Å². The zero-order valence-corrected chi connectivity index (χ0v) is 15.2. The SMILES string of the molecule is Cc1cc(NCc2ccc3c(c2)OCO3)nc(NC2CCS(=O)(=O)C2)n1. The Morgan fingerprint density at radius 1 is 1.19 bits per heavy atom. The predicted molar refractivity (Wildman–Crippen MR) is 97.3 cm³/mol. The van der Waals surface area contributed by atoms with Gasteiger partial charge in [-0.05, 0) is 31.0 Å². The third-order valence-corrected chi connectivity index (χ3v) is 6.10. The van der Waals surface area contributed by atoms with Gasteiger partial charge in [0, 0.05) is 24.3 Å². The topological polar surface area (TPSA) is 102 Å². The molecule has 2 aliphatic heterocycles. The Morgan fingerprint density at radius 2 is 2.04 bits per heavy atom. The summed E-state index contributed by atoms with van der Waals surface area (Å²) in [5.74, 6) is 2.96. The molecule has 2 aromatic rings. The van der Waals surface area contributed by atoms with Crippen LogP contribution in [0.3, 0.4) is 0 Å². The number of nitrogens with one attached hydrogen (secondary N) is 2. The van der Waals surface area contributed by atoms with Crippen molar-refractivity contribution in [3.63, 3.8) is 0 Å². The molecule has 3 heterocycles. The highest BCUT2D eigenvalue weighted by Crippen LogP contribution is 2.32. The normalized spacial score (nSPS) is 20.1. The first-order chi connectivity index (χ1) is 12.5. The second-order valence-corrected chi connectivity index (χ2v) is 8.73. The van der Waals surface area contributed by atoms with Crippen molar-refractivity contribution in [2.24, 2.45) is 0 Å². The number of benzene rings is 1. The Hall–Kier alpha value is -2.55. The maximum absolute atomic E-state index is 11.6. The van der Waals surface area contributed by atoms with E-state index in [1.54, 1.807) is 0 Å². The molecule has 1 saturated heterocycles. The Balaban J connectivity index is 1.43. The highest BCUT2D eigenvalue weighted by Gasteiger charge is 2.28. The van der Waals surface area contributed by atoms with E-state index in [0.29, 0.717) is 24.7 Å². The first kappa shape index (κ1) is 16.9. The molecule has 0 aliphatic carbocycles. The first-order valence-corrected chi connectivity index (χ1v) is 10.2. The highest BCUT2D eigenvalue weighted by molar-refractivity contribution is 7.91. The van der Waals surface area contributed by atoms with Crippen molar-refractivity contribution in [3.05, 3.63) is 35.5 Å². The van der Waals surface area contributed by atoms with Gasteiger partial charge in [0.2, 0.25) is 12.7 Å². The standard InChI is InChI=1S/C17H20N4O4S/c1-11-6-16(18-8-12-2-3-14-15(7-12)25-10-24-14)21-17(19-11)20-13-4-5-26(22,23)9-13/h2-3,6-7,13H,4-5,8-10H2,1H3,(H2,18,19,20,21). The molecule has 4 rings (SSSR count). The van der Waals surface area contributed by atoms with Crippen molar-refractivity contribution in [3.8, 4) is 11.5 Å². The smallest absolute Gasteiger partial charge is 0.231 e. The van der Waals surface area contributed by atoms with Crippen LogP contribution in [0.1, 0.15) is 17.7 Å². The van der Waals surface area contributed by atoms with Crippen LogP contribution in [-0.2, 0) is 16.4 Å². The average molecular weight is 376 g/mol. The van der Waals surface area contributed by atoms with Crippen molar-refractivity contribution in [1.82, 2.24) is 9.97 Å². The van der Waals surface area contributed by atoms with Crippen LogP contribution in [0.2, 0.25) is 0 Å². The largest absolute Gasteiger partial charge is 0.454 e. The zero-order chi connectivity index (χ0) is 18.1. The van der Waals surface area contributed by atoms with Crippen LogP contribution in [0, 0.1) is 6.92 Å². The van der Waals surface area contributed by atoms with Crippen LogP contribution in [0.4, 0.5) is 11.8 Å². The molecule has 1 aromatic carbocycles. The van der Waals surface area contributed by atoms with E-state index < -0.39 is 9.84 Å². The summed E-state index contributed by atoms with van der Waals surface area (Å²) in [4.78, 5) is 8.80. The fourth-order valence-corrected chi connectivity index (χ4v) is 4.73. The van der Waals surface area contributed by atoms with Crippen LogP contribution in [0.25, 0.3) is 0 Å². The summed E-state index contributed by atoms with van der Waals surface area (Å²) in [6, 6.07) is 7.51. The summed E-state index contributed by atoms with van der Waals surface area (Å²) in [6.07, 6.45) is 0.583. The summed E-state index contributed by atoms with van der Waals surface area (Å²) in [5.41, 5.74) is 1.85. The number of hydrogen-bond donors (Lipinski definition) is 2. The van der Waals surface area contributed by atoms with Gasteiger partial charge in [-0.25, -0.2) is 13.4 Å². The lowest BCUT2D eigenvalue weighted by atomic mass is 10.2. The van der Waals surface area contributed by atoms with Crippen LogP contribution < -0.4 is 20.1 Å². The molecule has 1 unspecified atom stereocenters. The van der Waals surface area contributed by atoms with Gasteiger partial charge in [0.15, 0.2) is 21.3 Å². The molecule has 0 amide bonds. The summed E-state index contributed by atoms with van der Waals surface area (Å²) < 4.78 is 33.9. The van der Waals surface area contributed by atoms with E-state index in [2.05, 4.69) is 20.6 Å². The van der Waals surface area contributed by atoms with Gasteiger partial charge in [-0.1, -0.05) is 6.07 Å². The third kappa shape index (κ3) is 3.82. The van der Waals surface area contributed by atoms with Crippen LogP contribution >= 0.6 is 0 Å². The van der Waals surface area contributed by atoms with E-state index in [0.717, 1.165) is 22.8 Å². The van der Waals surface area contributed by atoms with Crippen LogP contribution in [0.5, 0.6) is 11.5 Å². The molecule has 0 bridgehead atoms. The van der Waals surface area contributed by atoms with Gasteiger partial charge in [0.05, 0.1) is 11.5 Å². The van der Waals surface area contributed by atoms with Gasteiger partial charge in [0.1, 0.15) is 5.82 Å². The number of aryl methyl sites for hydroxylation is 1. The van der Waals surface area contributed by atoms with Crippen LogP contribution in [-0.4, -0.2) is 42.7 Å². The molecule has 1 fully saturated rings. The highest BCUT2D eigenvalue weighted by atomic mass is 32.2. The number of hydrogen-bond acceptors (Lipinski definition) is 8. The number of rotatable bonds is 5. The molecule has 9 heteroatoms.